The van der Waals surface area contributed by atoms with Crippen LogP contribution in [0.15, 0.2) is 35.7 Å². The highest BCUT2D eigenvalue weighted by Crippen LogP contribution is 2.42. The van der Waals surface area contributed by atoms with E-state index in [2.05, 4.69) is 4.52 Å². The van der Waals surface area contributed by atoms with E-state index in [1.807, 2.05) is 0 Å². The summed E-state index contributed by atoms with van der Waals surface area (Å²) in [7, 11) is -3.02. The van der Waals surface area contributed by atoms with Gasteiger partial charge in [0.25, 0.3) is 0 Å². The van der Waals surface area contributed by atoms with Crippen molar-refractivity contribution in [3.63, 3.8) is 0 Å². The van der Waals surface area contributed by atoms with Gasteiger partial charge in [-0.1, -0.05) is 6.07 Å². The second-order valence-corrected chi connectivity index (χ2v) is 9.17. The van der Waals surface area contributed by atoms with Crippen LogP contribution in [0, 0.1) is 0 Å². The molecule has 2 aromatic rings. The van der Waals surface area contributed by atoms with Crippen molar-refractivity contribution in [3.8, 4) is 28.7 Å². The van der Waals surface area contributed by atoms with Gasteiger partial charge in [0.1, 0.15) is 17.2 Å². The third kappa shape index (κ3) is 6.90. The Kier molecular flexibility index (Phi) is 7.96. The number of rotatable bonds is 10. The van der Waals surface area contributed by atoms with E-state index >= 15 is 0 Å². The Balaban J connectivity index is 2.35. The first-order valence-electron chi connectivity index (χ1n) is 8.64. The van der Waals surface area contributed by atoms with Crippen LogP contribution >= 0.6 is 7.82 Å². The number of benzene rings is 2. The highest BCUT2D eigenvalue weighted by molar-refractivity contribution is 7.93. The zero-order valence-electron chi connectivity index (χ0n) is 17.3. The topological polar surface area (TPSA) is 138 Å². The summed E-state index contributed by atoms with van der Waals surface area (Å²) < 4.78 is 61.7. The number of phosphoric ester groups is 1. The van der Waals surface area contributed by atoms with Crippen LogP contribution in [0.2, 0.25) is 0 Å². The minimum absolute atomic E-state index is 0.0488. The molecule has 0 heterocycles. The van der Waals surface area contributed by atoms with E-state index in [0.29, 0.717) is 22.8 Å². The molecule has 0 amide bonds. The van der Waals surface area contributed by atoms with E-state index in [9.17, 15) is 13.0 Å². The zero-order chi connectivity index (χ0) is 23.2. The first-order valence-corrected chi connectivity index (χ1v) is 11.9. The fourth-order valence-electron chi connectivity index (χ4n) is 2.66. The van der Waals surface area contributed by atoms with Crippen LogP contribution < -0.4 is 23.5 Å². The summed E-state index contributed by atoms with van der Waals surface area (Å²) in [5, 5.41) is 0.994. The molecule has 0 spiro atoms. The molecule has 170 valence electrons. The predicted molar refractivity (Wildman–Crippen MR) is 113 cm³/mol. The van der Waals surface area contributed by atoms with Crippen LogP contribution in [0.4, 0.5) is 0 Å². The van der Waals surface area contributed by atoms with Gasteiger partial charge in [0, 0.05) is 17.5 Å². The predicted octanol–water partition coefficient (Wildman–Crippen LogP) is 2.78. The molecule has 0 fully saturated rings. The van der Waals surface area contributed by atoms with Gasteiger partial charge in [-0.05, 0) is 23.8 Å². The molecule has 31 heavy (non-hydrogen) atoms. The molecule has 2 N–H and O–H groups in total. The van der Waals surface area contributed by atoms with Crippen molar-refractivity contribution in [2.24, 2.45) is 0 Å². The van der Waals surface area contributed by atoms with E-state index in [1.54, 1.807) is 12.1 Å². The lowest BCUT2D eigenvalue weighted by molar-refractivity contribution is 0.276. The standard InChI is InChI=1S/C19H23O10PS/c1-25-14-10-17(27-3)15(18(11-14)28-4)7-8-31(23,24)12-13-5-6-16(26-2)19(9-13)29-30(20,21)22/h5-11H,12H2,1-4H3,(H2,20,21,22). The first kappa shape index (κ1) is 24.5. The average molecular weight is 474 g/mol. The lowest BCUT2D eigenvalue weighted by atomic mass is 10.1. The molecule has 0 radical (unpaired) electrons. The Morgan fingerprint density at radius 1 is 0.871 bits per heavy atom. The third-order valence-corrected chi connectivity index (χ3v) is 5.73. The van der Waals surface area contributed by atoms with Gasteiger partial charge in [-0.15, -0.1) is 0 Å². The summed E-state index contributed by atoms with van der Waals surface area (Å²) in [5.74, 6) is 0.503. The maximum atomic E-state index is 12.6. The molecule has 0 saturated carbocycles. The van der Waals surface area contributed by atoms with Crippen LogP contribution in [-0.2, 0) is 20.2 Å². The summed E-state index contributed by atoms with van der Waals surface area (Å²) >= 11 is 0. The number of methoxy groups -OCH3 is 4. The Bertz CT molecular complexity index is 1080. The van der Waals surface area contributed by atoms with Gasteiger partial charge in [0.15, 0.2) is 21.3 Å². The summed E-state index contributed by atoms with van der Waals surface area (Å²) in [6.45, 7) is 0. The number of hydrogen-bond donors (Lipinski definition) is 2. The van der Waals surface area contributed by atoms with Crippen LogP contribution in [0.3, 0.4) is 0 Å². The maximum absolute atomic E-state index is 12.6. The van der Waals surface area contributed by atoms with Gasteiger partial charge in [-0.2, -0.15) is 0 Å². The molecule has 0 aliphatic rings. The van der Waals surface area contributed by atoms with Crippen molar-refractivity contribution in [3.05, 3.63) is 46.9 Å². The minimum atomic E-state index is -4.86. The van der Waals surface area contributed by atoms with Gasteiger partial charge < -0.3 is 23.5 Å². The minimum Gasteiger partial charge on any atom is -0.496 e. The zero-order valence-corrected chi connectivity index (χ0v) is 19.0. The second-order valence-electron chi connectivity index (χ2n) is 6.12. The molecule has 0 aliphatic heterocycles. The van der Waals surface area contributed by atoms with E-state index in [-0.39, 0.29) is 17.1 Å². The maximum Gasteiger partial charge on any atom is 0.524 e. The summed E-state index contributed by atoms with van der Waals surface area (Å²) in [6.07, 6.45) is 1.34. The normalized spacial score (nSPS) is 11.9. The van der Waals surface area contributed by atoms with Crippen molar-refractivity contribution >= 4 is 23.7 Å². The molecular formula is C19H23O10PS. The van der Waals surface area contributed by atoms with Crippen molar-refractivity contribution in [2.75, 3.05) is 28.4 Å². The number of ether oxygens (including phenoxy) is 4. The van der Waals surface area contributed by atoms with Crippen LogP contribution in [0.25, 0.3) is 6.08 Å². The van der Waals surface area contributed by atoms with E-state index < -0.39 is 23.4 Å². The summed E-state index contributed by atoms with van der Waals surface area (Å²) in [5.41, 5.74) is 0.636. The van der Waals surface area contributed by atoms with Crippen molar-refractivity contribution < 1.29 is 46.2 Å². The van der Waals surface area contributed by atoms with Crippen LogP contribution in [-0.4, -0.2) is 46.6 Å². The monoisotopic (exact) mass is 474 g/mol. The molecule has 0 atom stereocenters. The third-order valence-electron chi connectivity index (χ3n) is 4.01. The quantitative estimate of drug-likeness (QED) is 0.494. The fourth-order valence-corrected chi connectivity index (χ4v) is 4.14. The second kappa shape index (κ2) is 10.1. The van der Waals surface area contributed by atoms with Gasteiger partial charge in [0.2, 0.25) is 0 Å². The van der Waals surface area contributed by atoms with Crippen molar-refractivity contribution in [1.29, 1.82) is 0 Å². The van der Waals surface area contributed by atoms with E-state index in [1.165, 1.54) is 52.7 Å². The number of sulfone groups is 1. The molecule has 0 saturated heterocycles. The van der Waals surface area contributed by atoms with Gasteiger partial charge in [-0.25, -0.2) is 13.0 Å². The van der Waals surface area contributed by atoms with E-state index in [4.69, 9.17) is 28.7 Å². The lowest BCUT2D eigenvalue weighted by Gasteiger charge is -2.13. The molecule has 2 aromatic carbocycles. The summed E-state index contributed by atoms with van der Waals surface area (Å²) in [6, 6.07) is 7.17. The summed E-state index contributed by atoms with van der Waals surface area (Å²) in [4.78, 5) is 18.1. The van der Waals surface area contributed by atoms with Crippen LogP contribution in [0.1, 0.15) is 11.1 Å². The molecule has 0 aromatic heterocycles. The highest BCUT2D eigenvalue weighted by atomic mass is 32.2. The molecule has 10 nitrogen and oxygen atoms in total. The molecule has 12 heteroatoms. The molecular weight excluding hydrogens is 451 g/mol. The Morgan fingerprint density at radius 3 is 1.94 bits per heavy atom. The number of hydrogen-bond acceptors (Lipinski definition) is 8. The Labute approximate surface area is 180 Å². The number of phosphoric acid groups is 1. The van der Waals surface area contributed by atoms with Crippen molar-refractivity contribution in [1.82, 2.24) is 0 Å². The Hall–Kier alpha value is -2.72. The van der Waals surface area contributed by atoms with Gasteiger partial charge in [0.05, 0.1) is 39.8 Å². The largest absolute Gasteiger partial charge is 0.524 e. The first-order chi connectivity index (χ1) is 14.5. The fraction of sp³-hybridized carbons (Fsp3) is 0.263. The van der Waals surface area contributed by atoms with Gasteiger partial charge >= 0.3 is 7.82 Å². The molecule has 0 unspecified atom stereocenters. The highest BCUT2D eigenvalue weighted by Gasteiger charge is 2.20. The van der Waals surface area contributed by atoms with E-state index in [0.717, 1.165) is 5.41 Å². The lowest BCUT2D eigenvalue weighted by Crippen LogP contribution is -2.02. The smallest absolute Gasteiger partial charge is 0.496 e. The molecule has 2 rings (SSSR count). The Morgan fingerprint density at radius 2 is 1.45 bits per heavy atom. The molecule has 0 bridgehead atoms. The van der Waals surface area contributed by atoms with Crippen LogP contribution in [0.5, 0.6) is 28.7 Å². The van der Waals surface area contributed by atoms with Gasteiger partial charge in [-0.3, -0.25) is 9.79 Å². The molecule has 0 aliphatic carbocycles. The van der Waals surface area contributed by atoms with Crippen molar-refractivity contribution in [2.45, 2.75) is 5.75 Å². The average Bonchev–Trinajstić information content (AvgIpc) is 2.70. The SMILES string of the molecule is COc1cc(OC)c(C=CS(=O)(=O)Cc2ccc(OC)c(OP(=O)(O)O)c2)c(OC)c1.